The number of nitrogens with zero attached hydrogens (tertiary/aromatic N) is 2. The molecule has 5 nitrogen and oxygen atoms in total. The number of halogens is 3. The van der Waals surface area contributed by atoms with Gasteiger partial charge in [0.1, 0.15) is 6.61 Å². The molecular formula is C22H35F3N4O. The van der Waals surface area contributed by atoms with Crippen LogP contribution in [0.5, 0.6) is 0 Å². The minimum atomic E-state index is -4.31. The van der Waals surface area contributed by atoms with E-state index in [1.807, 2.05) is 25.1 Å². The van der Waals surface area contributed by atoms with E-state index in [1.165, 1.54) is 0 Å². The van der Waals surface area contributed by atoms with E-state index in [0.717, 1.165) is 50.5 Å². The number of nitrogens with one attached hydrogen (secondary N) is 2. The zero-order valence-electron chi connectivity index (χ0n) is 18.3. The Morgan fingerprint density at radius 3 is 2.57 bits per heavy atom. The maximum Gasteiger partial charge on any atom is 0.411 e. The third-order valence-corrected chi connectivity index (χ3v) is 4.84. The molecule has 2 rings (SSSR count). The van der Waals surface area contributed by atoms with E-state index in [1.54, 1.807) is 6.07 Å². The van der Waals surface area contributed by atoms with Gasteiger partial charge in [-0.1, -0.05) is 38.1 Å². The Kier molecular flexibility index (Phi) is 9.91. The summed E-state index contributed by atoms with van der Waals surface area (Å²) >= 11 is 0. The Bertz CT molecular complexity index is 656. The summed E-state index contributed by atoms with van der Waals surface area (Å²) in [7, 11) is 0. The summed E-state index contributed by atoms with van der Waals surface area (Å²) in [4.78, 5) is 7.18. The Balaban J connectivity index is 1.86. The molecule has 0 saturated carbocycles. The molecule has 170 valence electrons. The van der Waals surface area contributed by atoms with Crippen LogP contribution in [0, 0.1) is 5.92 Å². The molecule has 0 amide bonds. The van der Waals surface area contributed by atoms with Gasteiger partial charge < -0.3 is 20.3 Å². The summed E-state index contributed by atoms with van der Waals surface area (Å²) in [6.45, 7) is 9.77. The predicted molar refractivity (Wildman–Crippen MR) is 114 cm³/mol. The third-order valence-electron chi connectivity index (χ3n) is 4.84. The zero-order valence-corrected chi connectivity index (χ0v) is 18.3. The number of likely N-dealkylation sites (tertiary alicyclic amines) is 1. The van der Waals surface area contributed by atoms with Crippen LogP contribution in [0.3, 0.4) is 0 Å². The molecule has 0 spiro atoms. The summed E-state index contributed by atoms with van der Waals surface area (Å²) in [5, 5.41) is 6.81. The molecule has 0 atom stereocenters. The van der Waals surface area contributed by atoms with Crippen molar-refractivity contribution >= 4 is 5.96 Å². The normalized spacial score (nSPS) is 16.8. The van der Waals surface area contributed by atoms with E-state index in [-0.39, 0.29) is 6.61 Å². The second-order valence-corrected chi connectivity index (χ2v) is 8.24. The standard InChI is InChI=1S/C22H35F3N4O/c1-4-26-21(28-20-8-10-29(11-9-20)14-17(2)3)27-13-18-6-5-7-19(12-18)15-30-16-22(23,24)25/h5-7,12,17,20H,4,8-11,13-16H2,1-3H3,(H2,26,27,28). The number of hydrogen-bond acceptors (Lipinski definition) is 3. The molecule has 1 saturated heterocycles. The molecule has 0 bridgehead atoms. The van der Waals surface area contributed by atoms with Crippen LogP contribution in [0.1, 0.15) is 44.7 Å². The van der Waals surface area contributed by atoms with Gasteiger partial charge in [-0.25, -0.2) is 4.99 Å². The first kappa shape index (κ1) is 24.5. The van der Waals surface area contributed by atoms with E-state index in [4.69, 9.17) is 4.74 Å². The summed E-state index contributed by atoms with van der Waals surface area (Å²) < 4.78 is 41.4. The van der Waals surface area contributed by atoms with E-state index in [9.17, 15) is 13.2 Å². The van der Waals surface area contributed by atoms with Crippen molar-refractivity contribution in [3.8, 4) is 0 Å². The Labute approximate surface area is 178 Å². The number of aliphatic imine (C=N–C) groups is 1. The average molecular weight is 429 g/mol. The van der Waals surface area contributed by atoms with Gasteiger partial charge in [-0.15, -0.1) is 0 Å². The van der Waals surface area contributed by atoms with Crippen molar-refractivity contribution in [1.29, 1.82) is 0 Å². The third kappa shape index (κ3) is 9.80. The van der Waals surface area contributed by atoms with Gasteiger partial charge in [0.25, 0.3) is 0 Å². The molecule has 8 heteroatoms. The molecule has 30 heavy (non-hydrogen) atoms. The van der Waals surface area contributed by atoms with Crippen molar-refractivity contribution in [2.75, 3.05) is 32.8 Å². The lowest BCUT2D eigenvalue weighted by Crippen LogP contribution is -2.49. The number of hydrogen-bond donors (Lipinski definition) is 2. The van der Waals surface area contributed by atoms with Gasteiger partial charge in [-0.2, -0.15) is 13.2 Å². The molecule has 1 aliphatic rings. The largest absolute Gasteiger partial charge is 0.411 e. The van der Waals surface area contributed by atoms with Gasteiger partial charge in [-0.05, 0) is 36.8 Å². The highest BCUT2D eigenvalue weighted by Gasteiger charge is 2.27. The smallest absolute Gasteiger partial charge is 0.367 e. The molecule has 0 aliphatic carbocycles. The van der Waals surface area contributed by atoms with Crippen molar-refractivity contribution in [2.45, 2.75) is 59.0 Å². The minimum absolute atomic E-state index is 0.0651. The van der Waals surface area contributed by atoms with E-state index >= 15 is 0 Å². The van der Waals surface area contributed by atoms with Gasteiger partial charge in [-0.3, -0.25) is 0 Å². The van der Waals surface area contributed by atoms with Gasteiger partial charge in [0.05, 0.1) is 13.2 Å². The quantitative estimate of drug-likeness (QED) is 0.462. The molecule has 0 radical (unpaired) electrons. The molecule has 2 N–H and O–H groups in total. The monoisotopic (exact) mass is 428 g/mol. The average Bonchev–Trinajstić information content (AvgIpc) is 2.67. The molecule has 1 aromatic carbocycles. The molecule has 0 aromatic heterocycles. The minimum Gasteiger partial charge on any atom is -0.367 e. The van der Waals surface area contributed by atoms with Crippen molar-refractivity contribution in [3.63, 3.8) is 0 Å². The fraction of sp³-hybridized carbons (Fsp3) is 0.682. The zero-order chi connectivity index (χ0) is 22.0. The molecular weight excluding hydrogens is 393 g/mol. The summed E-state index contributed by atoms with van der Waals surface area (Å²) in [6, 6.07) is 7.74. The fourth-order valence-electron chi connectivity index (χ4n) is 3.56. The van der Waals surface area contributed by atoms with Crippen LogP contribution in [0.4, 0.5) is 13.2 Å². The molecule has 1 aliphatic heterocycles. The lowest BCUT2D eigenvalue weighted by Gasteiger charge is -2.34. The van der Waals surface area contributed by atoms with Crippen LogP contribution in [-0.4, -0.2) is 55.9 Å². The number of rotatable bonds is 9. The second kappa shape index (κ2) is 12.2. The topological polar surface area (TPSA) is 48.9 Å². The molecule has 1 heterocycles. The number of alkyl halides is 3. The predicted octanol–water partition coefficient (Wildman–Crippen LogP) is 3.94. The highest BCUT2D eigenvalue weighted by Crippen LogP contribution is 2.16. The van der Waals surface area contributed by atoms with Crippen molar-refractivity contribution in [1.82, 2.24) is 15.5 Å². The summed E-state index contributed by atoms with van der Waals surface area (Å²) in [5.74, 6) is 1.46. The first-order valence-corrected chi connectivity index (χ1v) is 10.7. The van der Waals surface area contributed by atoms with Gasteiger partial charge >= 0.3 is 6.18 Å². The molecule has 1 aromatic rings. The van der Waals surface area contributed by atoms with Crippen molar-refractivity contribution < 1.29 is 17.9 Å². The van der Waals surface area contributed by atoms with Crippen molar-refractivity contribution in [3.05, 3.63) is 35.4 Å². The van der Waals surface area contributed by atoms with Crippen LogP contribution >= 0.6 is 0 Å². The SMILES string of the molecule is CCNC(=NCc1cccc(COCC(F)(F)F)c1)NC1CCN(CC(C)C)CC1. The van der Waals surface area contributed by atoms with Gasteiger partial charge in [0.2, 0.25) is 0 Å². The fourth-order valence-corrected chi connectivity index (χ4v) is 3.56. The lowest BCUT2D eigenvalue weighted by molar-refractivity contribution is -0.176. The van der Waals surface area contributed by atoms with E-state index < -0.39 is 12.8 Å². The van der Waals surface area contributed by atoms with Crippen LogP contribution in [-0.2, 0) is 17.9 Å². The maximum absolute atomic E-state index is 12.2. The highest BCUT2D eigenvalue weighted by atomic mass is 19.4. The van der Waals surface area contributed by atoms with Gasteiger partial charge in [0.15, 0.2) is 5.96 Å². The first-order valence-electron chi connectivity index (χ1n) is 10.7. The van der Waals surface area contributed by atoms with Crippen LogP contribution in [0.15, 0.2) is 29.3 Å². The van der Waals surface area contributed by atoms with Crippen molar-refractivity contribution in [2.24, 2.45) is 10.9 Å². The number of benzene rings is 1. The summed E-state index contributed by atoms with van der Waals surface area (Å²) in [6.07, 6.45) is -2.13. The van der Waals surface area contributed by atoms with Gasteiger partial charge in [0, 0.05) is 32.2 Å². The van der Waals surface area contributed by atoms with E-state index in [2.05, 4.69) is 34.4 Å². The van der Waals surface area contributed by atoms with Crippen LogP contribution < -0.4 is 10.6 Å². The number of ether oxygens (including phenoxy) is 1. The van der Waals surface area contributed by atoms with Crippen LogP contribution in [0.2, 0.25) is 0 Å². The Morgan fingerprint density at radius 1 is 1.23 bits per heavy atom. The number of piperidine rings is 1. The number of guanidine groups is 1. The Hall–Kier alpha value is -1.80. The molecule has 0 unspecified atom stereocenters. The first-order chi connectivity index (χ1) is 14.2. The summed E-state index contributed by atoms with van der Waals surface area (Å²) in [5.41, 5.74) is 1.65. The lowest BCUT2D eigenvalue weighted by atomic mass is 10.0. The second-order valence-electron chi connectivity index (χ2n) is 8.24. The van der Waals surface area contributed by atoms with Crippen LogP contribution in [0.25, 0.3) is 0 Å². The molecule has 1 fully saturated rings. The maximum atomic E-state index is 12.2. The highest BCUT2D eigenvalue weighted by molar-refractivity contribution is 5.80. The Morgan fingerprint density at radius 2 is 1.93 bits per heavy atom. The van der Waals surface area contributed by atoms with E-state index in [0.29, 0.717) is 24.1 Å².